The number of carboxylic acids is 2. The predicted octanol–water partition coefficient (Wildman–Crippen LogP) is -2.12. The summed E-state index contributed by atoms with van der Waals surface area (Å²) in [6, 6.07) is -5.01. The van der Waals surface area contributed by atoms with E-state index in [-0.39, 0.29) is 19.3 Å². The summed E-state index contributed by atoms with van der Waals surface area (Å²) in [4.78, 5) is 59.8. The Morgan fingerprint density at radius 1 is 0.818 bits per heavy atom. The normalized spacial score (nSPS) is 15.6. The molecule has 0 aliphatic rings. The first-order valence-corrected chi connectivity index (χ1v) is 10.8. The molecule has 0 heterocycles. The summed E-state index contributed by atoms with van der Waals surface area (Å²) in [6.45, 7) is 4.78. The first-order valence-electron chi connectivity index (χ1n) is 10.8. The summed E-state index contributed by atoms with van der Waals surface area (Å²) in [5.41, 5.74) is 11.2. The minimum Gasteiger partial charge on any atom is -0.481 e. The van der Waals surface area contributed by atoms with Crippen molar-refractivity contribution in [2.75, 3.05) is 6.54 Å². The third kappa shape index (κ3) is 11.6. The van der Waals surface area contributed by atoms with Crippen molar-refractivity contribution in [1.29, 1.82) is 0 Å². The molecule has 13 heteroatoms. The molecule has 0 fully saturated rings. The van der Waals surface area contributed by atoms with Gasteiger partial charge >= 0.3 is 11.9 Å². The van der Waals surface area contributed by atoms with E-state index in [0.717, 1.165) is 0 Å². The van der Waals surface area contributed by atoms with E-state index in [1.165, 1.54) is 6.92 Å². The van der Waals surface area contributed by atoms with Gasteiger partial charge in [0.1, 0.15) is 18.1 Å². The lowest BCUT2D eigenvalue weighted by molar-refractivity contribution is -0.144. The number of hydrogen-bond acceptors (Lipinski definition) is 8. The molecule has 0 aromatic heterocycles. The molecule has 10 N–H and O–H groups in total. The molecular formula is C20H37N5O8. The second-order valence-corrected chi connectivity index (χ2v) is 8.18. The van der Waals surface area contributed by atoms with Gasteiger partial charge in [-0.25, -0.2) is 4.79 Å². The van der Waals surface area contributed by atoms with Crippen LogP contribution < -0.4 is 27.4 Å². The van der Waals surface area contributed by atoms with Crippen molar-refractivity contribution in [2.45, 2.75) is 83.1 Å². The van der Waals surface area contributed by atoms with E-state index in [1.807, 2.05) is 0 Å². The smallest absolute Gasteiger partial charge is 0.326 e. The first-order chi connectivity index (χ1) is 15.3. The topological polar surface area (TPSA) is 234 Å². The maximum absolute atomic E-state index is 12.8. The summed E-state index contributed by atoms with van der Waals surface area (Å²) in [7, 11) is 0. The summed E-state index contributed by atoms with van der Waals surface area (Å²) in [5, 5.41) is 35.1. The van der Waals surface area contributed by atoms with Crippen molar-refractivity contribution >= 4 is 29.7 Å². The monoisotopic (exact) mass is 475 g/mol. The highest BCUT2D eigenvalue weighted by Gasteiger charge is 2.33. The largest absolute Gasteiger partial charge is 0.481 e. The molecule has 0 rings (SSSR count). The number of nitrogens with one attached hydrogen (secondary N) is 3. The average Bonchev–Trinajstić information content (AvgIpc) is 2.72. The van der Waals surface area contributed by atoms with E-state index in [2.05, 4.69) is 16.0 Å². The molecule has 190 valence electrons. The molecule has 0 radical (unpaired) electrons. The van der Waals surface area contributed by atoms with Gasteiger partial charge in [0.05, 0.1) is 12.1 Å². The summed E-state index contributed by atoms with van der Waals surface area (Å²) >= 11 is 0. The van der Waals surface area contributed by atoms with E-state index in [4.69, 9.17) is 16.6 Å². The van der Waals surface area contributed by atoms with Crippen LogP contribution in [-0.2, 0) is 24.0 Å². The Labute approximate surface area is 192 Å². The standard InChI is InChI=1S/C20H37N5O8/c1-10(2)15(20(32)33)24-19(31)16(11(3)26)25-18(30)13(6-4-5-9-21)23-17(29)12(22)7-8-14(27)28/h10-13,15-16,26H,4-9,21-22H2,1-3H3,(H,23,29)(H,24,31)(H,25,30)(H,27,28)(H,32,33). The van der Waals surface area contributed by atoms with Crippen molar-refractivity contribution in [1.82, 2.24) is 16.0 Å². The van der Waals surface area contributed by atoms with Gasteiger partial charge in [0.2, 0.25) is 17.7 Å². The van der Waals surface area contributed by atoms with Crippen LogP contribution in [0.4, 0.5) is 0 Å². The zero-order valence-electron chi connectivity index (χ0n) is 19.2. The van der Waals surface area contributed by atoms with Crippen LogP contribution in [0, 0.1) is 5.92 Å². The van der Waals surface area contributed by atoms with Crippen molar-refractivity contribution in [3.63, 3.8) is 0 Å². The number of carbonyl (C=O) groups excluding carboxylic acids is 3. The SMILES string of the molecule is CC(C)C(NC(=O)C(NC(=O)C(CCCCN)NC(=O)C(N)CCC(=O)O)C(C)O)C(=O)O. The van der Waals surface area contributed by atoms with Gasteiger partial charge in [0.25, 0.3) is 0 Å². The molecule has 5 atom stereocenters. The zero-order chi connectivity index (χ0) is 25.7. The van der Waals surface area contributed by atoms with Gasteiger partial charge < -0.3 is 42.7 Å². The quantitative estimate of drug-likeness (QED) is 0.113. The number of nitrogens with two attached hydrogens (primary N) is 2. The molecule has 33 heavy (non-hydrogen) atoms. The molecule has 0 aliphatic carbocycles. The Kier molecular flexibility index (Phi) is 13.9. The molecule has 0 saturated carbocycles. The number of carbonyl (C=O) groups is 5. The number of aliphatic hydroxyl groups is 1. The van der Waals surface area contributed by atoms with Crippen LogP contribution in [0.1, 0.15) is 52.9 Å². The van der Waals surface area contributed by atoms with Gasteiger partial charge in [-0.2, -0.15) is 0 Å². The van der Waals surface area contributed by atoms with Crippen LogP contribution in [0.15, 0.2) is 0 Å². The van der Waals surface area contributed by atoms with Gasteiger partial charge in [0.15, 0.2) is 0 Å². The fourth-order valence-electron chi connectivity index (χ4n) is 2.87. The van der Waals surface area contributed by atoms with Crippen LogP contribution in [0.2, 0.25) is 0 Å². The van der Waals surface area contributed by atoms with Crippen molar-refractivity contribution in [3.05, 3.63) is 0 Å². The number of amides is 3. The van der Waals surface area contributed by atoms with Crippen LogP contribution in [0.5, 0.6) is 0 Å². The second kappa shape index (κ2) is 15.1. The van der Waals surface area contributed by atoms with E-state index in [0.29, 0.717) is 19.4 Å². The number of unbranched alkanes of at least 4 members (excludes halogenated alkanes) is 1. The Morgan fingerprint density at radius 3 is 1.85 bits per heavy atom. The predicted molar refractivity (Wildman–Crippen MR) is 118 cm³/mol. The fourth-order valence-corrected chi connectivity index (χ4v) is 2.87. The molecule has 13 nitrogen and oxygen atoms in total. The van der Waals surface area contributed by atoms with Gasteiger partial charge in [-0.05, 0) is 45.1 Å². The molecule has 0 aromatic carbocycles. The Balaban J connectivity index is 5.40. The van der Waals surface area contributed by atoms with Crippen LogP contribution in [0.25, 0.3) is 0 Å². The number of rotatable bonds is 16. The molecule has 3 amide bonds. The fraction of sp³-hybridized carbons (Fsp3) is 0.750. The van der Waals surface area contributed by atoms with Crippen LogP contribution in [-0.4, -0.2) is 81.8 Å². The minimum atomic E-state index is -1.48. The molecule has 0 aromatic rings. The zero-order valence-corrected chi connectivity index (χ0v) is 19.2. The average molecular weight is 476 g/mol. The Bertz CT molecular complexity index is 685. The third-order valence-corrected chi connectivity index (χ3v) is 4.88. The number of aliphatic carboxylic acids is 2. The van der Waals surface area contributed by atoms with E-state index in [1.54, 1.807) is 13.8 Å². The number of aliphatic hydroxyl groups excluding tert-OH is 1. The summed E-state index contributed by atoms with van der Waals surface area (Å²) in [6.07, 6.45) is -0.669. The lowest BCUT2D eigenvalue weighted by Gasteiger charge is -2.27. The maximum atomic E-state index is 12.8. The Hall–Kier alpha value is -2.77. The molecular weight excluding hydrogens is 438 g/mol. The molecule has 0 bridgehead atoms. The highest BCUT2D eigenvalue weighted by Crippen LogP contribution is 2.07. The molecule has 0 aliphatic heterocycles. The number of hydrogen-bond donors (Lipinski definition) is 8. The van der Waals surface area contributed by atoms with E-state index in [9.17, 15) is 34.2 Å². The molecule has 0 spiro atoms. The lowest BCUT2D eigenvalue weighted by atomic mass is 10.0. The van der Waals surface area contributed by atoms with Gasteiger partial charge in [-0.1, -0.05) is 13.8 Å². The highest BCUT2D eigenvalue weighted by atomic mass is 16.4. The van der Waals surface area contributed by atoms with Crippen molar-refractivity contribution in [3.8, 4) is 0 Å². The van der Waals surface area contributed by atoms with E-state index >= 15 is 0 Å². The van der Waals surface area contributed by atoms with Crippen molar-refractivity contribution < 1.29 is 39.3 Å². The Morgan fingerprint density at radius 2 is 1.39 bits per heavy atom. The molecule has 0 saturated heterocycles. The third-order valence-electron chi connectivity index (χ3n) is 4.88. The second-order valence-electron chi connectivity index (χ2n) is 8.18. The van der Waals surface area contributed by atoms with Gasteiger partial charge in [-0.15, -0.1) is 0 Å². The van der Waals surface area contributed by atoms with Gasteiger partial charge in [0, 0.05) is 6.42 Å². The number of carboxylic acid groups (broad SMARTS) is 2. The summed E-state index contributed by atoms with van der Waals surface area (Å²) < 4.78 is 0. The first kappa shape index (κ1) is 30.2. The lowest BCUT2D eigenvalue weighted by Crippen LogP contribution is -2.60. The summed E-state index contributed by atoms with van der Waals surface area (Å²) in [5.74, 6) is -5.27. The van der Waals surface area contributed by atoms with E-state index < -0.39 is 65.8 Å². The minimum absolute atomic E-state index is 0.136. The molecule has 5 unspecified atom stereocenters. The van der Waals surface area contributed by atoms with Crippen molar-refractivity contribution in [2.24, 2.45) is 17.4 Å². The highest BCUT2D eigenvalue weighted by molar-refractivity contribution is 5.94. The van der Waals surface area contributed by atoms with Crippen LogP contribution in [0.3, 0.4) is 0 Å². The van der Waals surface area contributed by atoms with Crippen LogP contribution >= 0.6 is 0 Å². The maximum Gasteiger partial charge on any atom is 0.326 e. The van der Waals surface area contributed by atoms with Gasteiger partial charge in [-0.3, -0.25) is 19.2 Å².